The standard InChI is InChI=1S/C17H23N5O2S/c1-13-14(11-18-21(13)2)12-22-9-7-17(8-10-22)19-15-5-3-4-6-16(15)25(23,24)20-17/h3-6,11,19-20H,7-10,12H2,1-2H3. The van der Waals surface area contributed by atoms with Crippen molar-refractivity contribution in [3.05, 3.63) is 41.7 Å². The summed E-state index contributed by atoms with van der Waals surface area (Å²) in [6.45, 7) is 4.57. The van der Waals surface area contributed by atoms with Crippen LogP contribution < -0.4 is 10.0 Å². The lowest BCUT2D eigenvalue weighted by Gasteiger charge is -2.45. The number of hydrogen-bond acceptors (Lipinski definition) is 5. The normalized spacial score (nSPS) is 21.7. The Morgan fingerprint density at radius 3 is 2.64 bits per heavy atom. The van der Waals surface area contributed by atoms with E-state index in [2.05, 4.69) is 27.0 Å². The molecule has 2 aliphatic rings. The second kappa shape index (κ2) is 5.82. The molecule has 3 heterocycles. The number of fused-ring (bicyclic) bond motifs is 1. The molecule has 1 aromatic carbocycles. The smallest absolute Gasteiger partial charge is 0.244 e. The number of rotatable bonds is 2. The maximum Gasteiger partial charge on any atom is 0.244 e. The average molecular weight is 361 g/mol. The van der Waals surface area contributed by atoms with Gasteiger partial charge < -0.3 is 5.32 Å². The highest BCUT2D eigenvalue weighted by Crippen LogP contribution is 2.35. The van der Waals surface area contributed by atoms with Crippen molar-refractivity contribution in [3.8, 4) is 0 Å². The predicted molar refractivity (Wildman–Crippen MR) is 95.6 cm³/mol. The summed E-state index contributed by atoms with van der Waals surface area (Å²) in [7, 11) is -1.53. The summed E-state index contributed by atoms with van der Waals surface area (Å²) in [5.41, 5.74) is 2.50. The molecule has 1 fully saturated rings. The van der Waals surface area contributed by atoms with Gasteiger partial charge in [-0.15, -0.1) is 0 Å². The van der Waals surface area contributed by atoms with Gasteiger partial charge in [-0.2, -0.15) is 9.82 Å². The molecule has 4 rings (SSSR count). The molecule has 0 atom stereocenters. The van der Waals surface area contributed by atoms with Crippen LogP contribution in [-0.2, 0) is 23.6 Å². The Labute approximate surface area is 148 Å². The van der Waals surface area contributed by atoms with Crippen LogP contribution in [0.3, 0.4) is 0 Å². The summed E-state index contributed by atoms with van der Waals surface area (Å²) < 4.78 is 29.9. The van der Waals surface area contributed by atoms with E-state index in [1.165, 1.54) is 11.3 Å². The van der Waals surface area contributed by atoms with E-state index >= 15 is 0 Å². The zero-order chi connectivity index (χ0) is 17.7. The summed E-state index contributed by atoms with van der Waals surface area (Å²) in [5, 5.41) is 7.73. The number of benzene rings is 1. The van der Waals surface area contributed by atoms with Gasteiger partial charge in [0.1, 0.15) is 10.6 Å². The molecule has 7 nitrogen and oxygen atoms in total. The van der Waals surface area contributed by atoms with Crippen LogP contribution in [0.4, 0.5) is 5.69 Å². The van der Waals surface area contributed by atoms with E-state index in [1.807, 2.05) is 30.1 Å². The first-order valence-electron chi connectivity index (χ1n) is 8.50. The number of para-hydroxylation sites is 1. The van der Waals surface area contributed by atoms with Crippen molar-refractivity contribution < 1.29 is 8.42 Å². The maximum absolute atomic E-state index is 12.6. The third kappa shape index (κ3) is 2.94. The molecule has 1 spiro atoms. The first-order valence-corrected chi connectivity index (χ1v) is 9.98. The highest BCUT2D eigenvalue weighted by atomic mass is 32.2. The zero-order valence-corrected chi connectivity index (χ0v) is 15.3. The van der Waals surface area contributed by atoms with Crippen molar-refractivity contribution >= 4 is 15.7 Å². The third-order valence-electron chi connectivity index (χ3n) is 5.32. The van der Waals surface area contributed by atoms with E-state index < -0.39 is 15.7 Å². The van der Waals surface area contributed by atoms with E-state index in [-0.39, 0.29) is 0 Å². The minimum absolute atomic E-state index is 0.328. The summed E-state index contributed by atoms with van der Waals surface area (Å²) in [6, 6.07) is 7.08. The fourth-order valence-electron chi connectivity index (χ4n) is 3.66. The molecular formula is C17H23N5O2S. The number of nitrogens with one attached hydrogen (secondary N) is 2. The molecule has 1 saturated heterocycles. The lowest BCUT2D eigenvalue weighted by Crippen LogP contribution is -2.61. The molecule has 0 saturated carbocycles. The number of aromatic nitrogens is 2. The number of aryl methyl sites for hydroxylation is 1. The lowest BCUT2D eigenvalue weighted by molar-refractivity contribution is 0.158. The van der Waals surface area contributed by atoms with E-state index in [0.29, 0.717) is 10.6 Å². The van der Waals surface area contributed by atoms with Crippen LogP contribution in [-0.4, -0.2) is 41.9 Å². The highest BCUT2D eigenvalue weighted by molar-refractivity contribution is 7.89. The SMILES string of the molecule is Cc1c(CN2CCC3(CC2)Nc2ccccc2S(=O)(=O)N3)cnn1C. The van der Waals surface area contributed by atoms with Gasteiger partial charge in [0.15, 0.2) is 0 Å². The first-order chi connectivity index (χ1) is 11.9. The first kappa shape index (κ1) is 16.6. The van der Waals surface area contributed by atoms with Gasteiger partial charge in [-0.1, -0.05) is 12.1 Å². The van der Waals surface area contributed by atoms with Gasteiger partial charge in [-0.3, -0.25) is 9.58 Å². The number of nitrogens with zero attached hydrogens (tertiary/aromatic N) is 3. The third-order valence-corrected chi connectivity index (χ3v) is 6.92. The molecule has 0 unspecified atom stereocenters. The van der Waals surface area contributed by atoms with Crippen LogP contribution in [0.5, 0.6) is 0 Å². The number of hydrogen-bond donors (Lipinski definition) is 2. The van der Waals surface area contributed by atoms with Gasteiger partial charge in [-0.25, -0.2) is 8.42 Å². The van der Waals surface area contributed by atoms with Crippen LogP contribution in [0.25, 0.3) is 0 Å². The highest BCUT2D eigenvalue weighted by Gasteiger charge is 2.42. The Kier molecular flexibility index (Phi) is 3.86. The number of piperidine rings is 1. The molecule has 0 radical (unpaired) electrons. The Morgan fingerprint density at radius 2 is 1.96 bits per heavy atom. The molecule has 0 aliphatic carbocycles. The molecule has 134 valence electrons. The zero-order valence-electron chi connectivity index (χ0n) is 14.5. The Bertz CT molecular complexity index is 898. The molecule has 0 bridgehead atoms. The van der Waals surface area contributed by atoms with Crippen LogP contribution in [0.1, 0.15) is 24.1 Å². The van der Waals surface area contributed by atoms with Crippen molar-refractivity contribution in [2.45, 2.75) is 36.9 Å². The van der Waals surface area contributed by atoms with E-state index in [4.69, 9.17) is 0 Å². The quantitative estimate of drug-likeness (QED) is 0.846. The minimum Gasteiger partial charge on any atom is -0.365 e. The number of anilines is 1. The van der Waals surface area contributed by atoms with Crippen molar-refractivity contribution in [1.82, 2.24) is 19.4 Å². The van der Waals surface area contributed by atoms with Gasteiger partial charge in [0, 0.05) is 37.9 Å². The van der Waals surface area contributed by atoms with Crippen molar-refractivity contribution in [1.29, 1.82) is 0 Å². The Hall–Kier alpha value is -1.90. The van der Waals surface area contributed by atoms with Crippen LogP contribution in [0.15, 0.2) is 35.4 Å². The molecule has 8 heteroatoms. The maximum atomic E-state index is 12.6. The fraction of sp³-hybridized carbons (Fsp3) is 0.471. The Balaban J connectivity index is 1.49. The van der Waals surface area contributed by atoms with E-state index in [0.717, 1.165) is 32.5 Å². The predicted octanol–water partition coefficient (Wildman–Crippen LogP) is 1.42. The molecule has 0 amide bonds. The largest absolute Gasteiger partial charge is 0.365 e. The van der Waals surface area contributed by atoms with Crippen LogP contribution in [0, 0.1) is 6.92 Å². The molecule has 2 aliphatic heterocycles. The second-order valence-electron chi connectivity index (χ2n) is 6.96. The lowest BCUT2D eigenvalue weighted by atomic mass is 9.96. The molecule has 25 heavy (non-hydrogen) atoms. The number of sulfonamides is 1. The minimum atomic E-state index is -3.47. The van der Waals surface area contributed by atoms with E-state index in [9.17, 15) is 8.42 Å². The Morgan fingerprint density at radius 1 is 1.24 bits per heavy atom. The fourth-order valence-corrected chi connectivity index (χ4v) is 5.21. The monoisotopic (exact) mass is 361 g/mol. The second-order valence-corrected chi connectivity index (χ2v) is 8.61. The molecule has 1 aromatic heterocycles. The van der Waals surface area contributed by atoms with E-state index in [1.54, 1.807) is 12.1 Å². The van der Waals surface area contributed by atoms with Crippen LogP contribution >= 0.6 is 0 Å². The topological polar surface area (TPSA) is 79.3 Å². The average Bonchev–Trinajstić information content (AvgIpc) is 2.89. The van der Waals surface area contributed by atoms with Crippen LogP contribution in [0.2, 0.25) is 0 Å². The molecule has 2 N–H and O–H groups in total. The van der Waals surface area contributed by atoms with Gasteiger partial charge in [0.2, 0.25) is 10.0 Å². The summed E-state index contributed by atoms with van der Waals surface area (Å²) >= 11 is 0. The van der Waals surface area contributed by atoms with Crippen molar-refractivity contribution in [3.63, 3.8) is 0 Å². The summed E-state index contributed by atoms with van der Waals surface area (Å²) in [4.78, 5) is 2.68. The van der Waals surface area contributed by atoms with Crippen molar-refractivity contribution in [2.24, 2.45) is 7.05 Å². The van der Waals surface area contributed by atoms with Gasteiger partial charge in [0.25, 0.3) is 0 Å². The van der Waals surface area contributed by atoms with Gasteiger partial charge in [-0.05, 0) is 31.9 Å². The van der Waals surface area contributed by atoms with Gasteiger partial charge in [0.05, 0.1) is 11.9 Å². The van der Waals surface area contributed by atoms with Crippen molar-refractivity contribution in [2.75, 3.05) is 18.4 Å². The molecule has 2 aromatic rings. The summed E-state index contributed by atoms with van der Waals surface area (Å²) in [6.07, 6.45) is 3.36. The van der Waals surface area contributed by atoms with Gasteiger partial charge >= 0.3 is 0 Å². The number of likely N-dealkylation sites (tertiary alicyclic amines) is 1. The summed E-state index contributed by atoms with van der Waals surface area (Å²) in [5.74, 6) is 0. The molecular weight excluding hydrogens is 338 g/mol.